The molecular formula is C12H8IN3O. The Labute approximate surface area is 111 Å². The summed E-state index contributed by atoms with van der Waals surface area (Å²) in [7, 11) is 0. The Kier molecular flexibility index (Phi) is 2.47. The number of anilines is 1. The summed E-state index contributed by atoms with van der Waals surface area (Å²) in [5.74, 6) is -0.0726. The molecule has 0 spiro atoms. The minimum atomic E-state index is -0.0726. The molecule has 4 nitrogen and oxygen atoms in total. The maximum Gasteiger partial charge on any atom is 0.256 e. The van der Waals surface area contributed by atoms with E-state index in [0.717, 1.165) is 20.5 Å². The SMILES string of the molecule is O=C1Nc2ccc(I)cc2C1=Cc1cnc[nH]1. The molecule has 0 bridgehead atoms. The van der Waals surface area contributed by atoms with Gasteiger partial charge in [0.1, 0.15) is 0 Å². The number of halogens is 1. The van der Waals surface area contributed by atoms with Crippen molar-refractivity contribution in [2.75, 3.05) is 5.32 Å². The standard InChI is InChI=1S/C12H8IN3O/c13-7-1-2-11-9(3-7)10(12(17)16-11)4-8-5-14-6-15-8/h1-6H,(H,14,15)(H,16,17). The van der Waals surface area contributed by atoms with E-state index in [2.05, 4.69) is 37.9 Å². The van der Waals surface area contributed by atoms with Crippen LogP contribution in [0, 0.1) is 3.57 Å². The number of hydrogen-bond donors (Lipinski definition) is 2. The fraction of sp³-hybridized carbons (Fsp3) is 0. The molecule has 3 rings (SSSR count). The minimum Gasteiger partial charge on any atom is -0.345 e. The Morgan fingerprint density at radius 3 is 3.00 bits per heavy atom. The number of nitrogens with one attached hydrogen (secondary N) is 2. The smallest absolute Gasteiger partial charge is 0.256 e. The van der Waals surface area contributed by atoms with E-state index in [0.29, 0.717) is 5.57 Å². The predicted octanol–water partition coefficient (Wildman–Crippen LogP) is 2.51. The zero-order valence-corrected chi connectivity index (χ0v) is 10.9. The van der Waals surface area contributed by atoms with Gasteiger partial charge in [0, 0.05) is 14.8 Å². The molecule has 0 radical (unpaired) electrons. The predicted molar refractivity (Wildman–Crippen MR) is 74.2 cm³/mol. The monoisotopic (exact) mass is 337 g/mol. The van der Waals surface area contributed by atoms with Crippen molar-refractivity contribution in [3.63, 3.8) is 0 Å². The quantitative estimate of drug-likeness (QED) is 0.621. The lowest BCUT2D eigenvalue weighted by Gasteiger charge is -1.98. The summed E-state index contributed by atoms with van der Waals surface area (Å²) in [5.41, 5.74) is 3.29. The summed E-state index contributed by atoms with van der Waals surface area (Å²) >= 11 is 2.23. The van der Waals surface area contributed by atoms with Crippen LogP contribution < -0.4 is 5.32 Å². The zero-order valence-electron chi connectivity index (χ0n) is 8.70. The summed E-state index contributed by atoms with van der Waals surface area (Å²) < 4.78 is 1.10. The lowest BCUT2D eigenvalue weighted by Crippen LogP contribution is -2.03. The lowest BCUT2D eigenvalue weighted by atomic mass is 10.1. The highest BCUT2D eigenvalue weighted by Crippen LogP contribution is 2.33. The highest BCUT2D eigenvalue weighted by atomic mass is 127. The summed E-state index contributed by atoms with van der Waals surface area (Å²) in [6.45, 7) is 0. The summed E-state index contributed by atoms with van der Waals surface area (Å²) in [6, 6.07) is 5.89. The van der Waals surface area contributed by atoms with Crippen molar-refractivity contribution in [1.82, 2.24) is 9.97 Å². The van der Waals surface area contributed by atoms with Crippen LogP contribution in [0.5, 0.6) is 0 Å². The Bertz CT molecular complexity index is 617. The van der Waals surface area contributed by atoms with Crippen LogP contribution in [-0.4, -0.2) is 15.9 Å². The first-order valence-electron chi connectivity index (χ1n) is 5.05. The van der Waals surface area contributed by atoms with Gasteiger partial charge in [0.15, 0.2) is 0 Å². The van der Waals surface area contributed by atoms with E-state index in [1.54, 1.807) is 12.5 Å². The third kappa shape index (κ3) is 1.86. The second kappa shape index (κ2) is 3.99. The normalized spacial score (nSPS) is 16.1. The van der Waals surface area contributed by atoms with Crippen LogP contribution in [-0.2, 0) is 4.79 Å². The molecule has 0 saturated carbocycles. The number of benzene rings is 1. The molecule has 1 aromatic carbocycles. The van der Waals surface area contributed by atoms with Gasteiger partial charge in [0.25, 0.3) is 5.91 Å². The Morgan fingerprint density at radius 2 is 2.24 bits per heavy atom. The summed E-state index contributed by atoms with van der Waals surface area (Å²) in [4.78, 5) is 18.7. The number of H-pyrrole nitrogens is 1. The third-order valence-corrected chi connectivity index (χ3v) is 3.25. The maximum atomic E-state index is 11.9. The van der Waals surface area contributed by atoms with Crippen LogP contribution in [0.2, 0.25) is 0 Å². The van der Waals surface area contributed by atoms with Gasteiger partial charge in [-0.25, -0.2) is 4.98 Å². The topological polar surface area (TPSA) is 57.8 Å². The van der Waals surface area contributed by atoms with E-state index >= 15 is 0 Å². The average Bonchev–Trinajstić information content (AvgIpc) is 2.90. The first-order valence-corrected chi connectivity index (χ1v) is 6.13. The van der Waals surface area contributed by atoms with Gasteiger partial charge in [-0.05, 0) is 46.9 Å². The van der Waals surface area contributed by atoms with Crippen LogP contribution in [0.3, 0.4) is 0 Å². The number of imidazole rings is 1. The van der Waals surface area contributed by atoms with Crippen molar-refractivity contribution in [3.8, 4) is 0 Å². The second-order valence-electron chi connectivity index (χ2n) is 3.71. The first kappa shape index (κ1) is 10.5. The fourth-order valence-electron chi connectivity index (χ4n) is 1.80. The largest absolute Gasteiger partial charge is 0.345 e. The van der Waals surface area contributed by atoms with Crippen LogP contribution in [0.25, 0.3) is 11.6 Å². The van der Waals surface area contributed by atoms with Crippen molar-refractivity contribution in [2.45, 2.75) is 0 Å². The number of hydrogen-bond acceptors (Lipinski definition) is 2. The number of aromatic nitrogens is 2. The van der Waals surface area contributed by atoms with E-state index in [9.17, 15) is 4.79 Å². The molecule has 0 saturated heterocycles. The Hall–Kier alpha value is -1.63. The van der Waals surface area contributed by atoms with E-state index in [1.807, 2.05) is 24.3 Å². The van der Waals surface area contributed by atoms with Gasteiger partial charge in [-0.3, -0.25) is 4.79 Å². The summed E-state index contributed by atoms with van der Waals surface area (Å²) in [5, 5.41) is 2.84. The van der Waals surface area contributed by atoms with Crippen molar-refractivity contribution in [3.05, 3.63) is 45.6 Å². The molecule has 0 unspecified atom stereocenters. The third-order valence-electron chi connectivity index (χ3n) is 2.58. The molecule has 0 aliphatic carbocycles. The molecule has 1 aliphatic heterocycles. The molecule has 5 heteroatoms. The number of carbonyl (C=O) groups is 1. The molecule has 17 heavy (non-hydrogen) atoms. The van der Waals surface area contributed by atoms with Crippen LogP contribution >= 0.6 is 22.6 Å². The highest BCUT2D eigenvalue weighted by molar-refractivity contribution is 14.1. The minimum absolute atomic E-state index is 0.0726. The van der Waals surface area contributed by atoms with Crippen molar-refractivity contribution < 1.29 is 4.79 Å². The average molecular weight is 337 g/mol. The molecule has 0 fully saturated rings. The molecular weight excluding hydrogens is 329 g/mol. The number of nitrogens with zero attached hydrogens (tertiary/aromatic N) is 1. The molecule has 0 atom stereocenters. The van der Waals surface area contributed by atoms with Gasteiger partial charge < -0.3 is 10.3 Å². The Morgan fingerprint density at radius 1 is 1.35 bits per heavy atom. The maximum absolute atomic E-state index is 11.9. The zero-order chi connectivity index (χ0) is 11.8. The molecule has 2 N–H and O–H groups in total. The molecule has 2 aromatic rings. The Balaban J connectivity index is 2.13. The number of aromatic amines is 1. The number of rotatable bonds is 1. The van der Waals surface area contributed by atoms with E-state index in [-0.39, 0.29) is 5.91 Å². The number of fused-ring (bicyclic) bond motifs is 1. The highest BCUT2D eigenvalue weighted by Gasteiger charge is 2.24. The molecule has 84 valence electrons. The van der Waals surface area contributed by atoms with Gasteiger partial charge in [-0.15, -0.1) is 0 Å². The molecule has 1 aliphatic rings. The van der Waals surface area contributed by atoms with Crippen molar-refractivity contribution >= 4 is 45.8 Å². The van der Waals surface area contributed by atoms with Gasteiger partial charge in [0.2, 0.25) is 0 Å². The van der Waals surface area contributed by atoms with Gasteiger partial charge in [0.05, 0.1) is 23.8 Å². The molecule has 1 aromatic heterocycles. The van der Waals surface area contributed by atoms with Gasteiger partial charge >= 0.3 is 0 Å². The van der Waals surface area contributed by atoms with Crippen LogP contribution in [0.4, 0.5) is 5.69 Å². The molecule has 1 amide bonds. The number of amides is 1. The molecule has 2 heterocycles. The first-order chi connectivity index (χ1) is 8.24. The lowest BCUT2D eigenvalue weighted by molar-refractivity contribution is -0.110. The van der Waals surface area contributed by atoms with Gasteiger partial charge in [-0.2, -0.15) is 0 Å². The van der Waals surface area contributed by atoms with Crippen LogP contribution in [0.1, 0.15) is 11.3 Å². The van der Waals surface area contributed by atoms with Crippen molar-refractivity contribution in [2.24, 2.45) is 0 Å². The van der Waals surface area contributed by atoms with E-state index in [4.69, 9.17) is 0 Å². The number of carbonyl (C=O) groups excluding carboxylic acids is 1. The van der Waals surface area contributed by atoms with E-state index in [1.165, 1.54) is 0 Å². The second-order valence-corrected chi connectivity index (χ2v) is 4.95. The van der Waals surface area contributed by atoms with Gasteiger partial charge in [-0.1, -0.05) is 0 Å². The van der Waals surface area contributed by atoms with Crippen molar-refractivity contribution in [1.29, 1.82) is 0 Å². The van der Waals surface area contributed by atoms with E-state index < -0.39 is 0 Å². The fourth-order valence-corrected chi connectivity index (χ4v) is 2.30. The summed E-state index contributed by atoms with van der Waals surface area (Å²) in [6.07, 6.45) is 5.09. The van der Waals surface area contributed by atoms with Crippen LogP contribution in [0.15, 0.2) is 30.7 Å².